The van der Waals surface area contributed by atoms with Gasteiger partial charge in [0.15, 0.2) is 0 Å². The van der Waals surface area contributed by atoms with E-state index in [2.05, 4.69) is 29.7 Å². The topological polar surface area (TPSA) is 89.0 Å². The van der Waals surface area contributed by atoms with E-state index >= 15 is 0 Å². The molecule has 2 N–H and O–H groups in total. The molecule has 0 aliphatic carbocycles. The lowest BCUT2D eigenvalue weighted by Gasteiger charge is -2.10. The first kappa shape index (κ1) is 21.9. The monoisotopic (exact) mass is 397 g/mol. The fraction of sp³-hybridized carbons (Fsp3) is 0.318. The average molecular weight is 397 g/mol. The lowest BCUT2D eigenvalue weighted by molar-refractivity contribution is -0.115. The van der Waals surface area contributed by atoms with Gasteiger partial charge >= 0.3 is 0 Å². The lowest BCUT2D eigenvalue weighted by Crippen LogP contribution is -2.22. The summed E-state index contributed by atoms with van der Waals surface area (Å²) in [6.45, 7) is 5.90. The Kier molecular flexibility index (Phi) is 7.77. The molecule has 0 fully saturated rings. The number of ether oxygens (including phenoxy) is 2. The number of carbonyl (C=O) groups excluding carboxylic acids is 2. The Morgan fingerprint density at radius 3 is 2.31 bits per heavy atom. The van der Waals surface area contributed by atoms with Crippen LogP contribution in [0.25, 0.3) is 0 Å². The molecule has 29 heavy (non-hydrogen) atoms. The van der Waals surface area contributed by atoms with Crippen molar-refractivity contribution in [3.8, 4) is 11.5 Å². The maximum atomic E-state index is 12.4. The second-order valence-electron chi connectivity index (χ2n) is 6.86. The van der Waals surface area contributed by atoms with Gasteiger partial charge in [0.2, 0.25) is 5.91 Å². The highest BCUT2D eigenvalue weighted by molar-refractivity contribution is 6.06. The standard InChI is InChI=1S/C22H27N3O4/c1-14(2)16-6-8-17(9-7-16)23-21(26)12-15(3)24-25-22(27)19-11-10-18(28-4)13-20(19)29-5/h6-11,13-14H,12H2,1-5H3,(H,23,26)(H,25,27). The van der Waals surface area contributed by atoms with Gasteiger partial charge in [0.05, 0.1) is 26.2 Å². The van der Waals surface area contributed by atoms with Crippen LogP contribution in [0, 0.1) is 0 Å². The van der Waals surface area contributed by atoms with Crippen LogP contribution in [0.4, 0.5) is 5.69 Å². The van der Waals surface area contributed by atoms with Gasteiger partial charge in [-0.2, -0.15) is 5.10 Å². The number of benzene rings is 2. The summed E-state index contributed by atoms with van der Waals surface area (Å²) in [4.78, 5) is 24.5. The van der Waals surface area contributed by atoms with E-state index in [9.17, 15) is 9.59 Å². The number of hydrogen-bond donors (Lipinski definition) is 2. The number of nitrogens with zero attached hydrogens (tertiary/aromatic N) is 1. The second-order valence-corrected chi connectivity index (χ2v) is 6.86. The van der Waals surface area contributed by atoms with Crippen molar-refractivity contribution >= 4 is 23.2 Å². The molecule has 0 aliphatic heterocycles. The van der Waals surface area contributed by atoms with E-state index in [-0.39, 0.29) is 12.3 Å². The van der Waals surface area contributed by atoms with Crippen molar-refractivity contribution in [2.24, 2.45) is 5.10 Å². The Hall–Kier alpha value is -3.35. The predicted molar refractivity (Wildman–Crippen MR) is 114 cm³/mol. The molecule has 2 rings (SSSR count). The van der Waals surface area contributed by atoms with E-state index in [0.717, 1.165) is 5.69 Å². The molecule has 0 saturated heterocycles. The van der Waals surface area contributed by atoms with E-state index in [0.29, 0.717) is 28.7 Å². The summed E-state index contributed by atoms with van der Waals surface area (Å²) < 4.78 is 10.3. The molecule has 0 spiro atoms. The molecule has 0 saturated carbocycles. The minimum Gasteiger partial charge on any atom is -0.497 e. The SMILES string of the molecule is COc1ccc(C(=O)NN=C(C)CC(=O)Nc2ccc(C(C)C)cc2)c(OC)c1. The number of hydrazone groups is 1. The number of methoxy groups -OCH3 is 2. The first-order valence-corrected chi connectivity index (χ1v) is 9.29. The van der Waals surface area contributed by atoms with Crippen molar-refractivity contribution < 1.29 is 19.1 Å². The van der Waals surface area contributed by atoms with Crippen molar-refractivity contribution in [1.82, 2.24) is 5.43 Å². The molecule has 0 atom stereocenters. The minimum absolute atomic E-state index is 0.0615. The lowest BCUT2D eigenvalue weighted by atomic mass is 10.0. The van der Waals surface area contributed by atoms with E-state index in [4.69, 9.17) is 9.47 Å². The highest BCUT2D eigenvalue weighted by atomic mass is 16.5. The van der Waals surface area contributed by atoms with Crippen molar-refractivity contribution in [2.45, 2.75) is 33.1 Å². The van der Waals surface area contributed by atoms with E-state index in [1.54, 1.807) is 25.1 Å². The van der Waals surface area contributed by atoms with Crippen LogP contribution in [-0.2, 0) is 4.79 Å². The zero-order chi connectivity index (χ0) is 21.4. The van der Waals surface area contributed by atoms with Crippen LogP contribution in [0.1, 0.15) is 49.0 Å². The number of hydrogen-bond acceptors (Lipinski definition) is 5. The van der Waals surface area contributed by atoms with Gasteiger partial charge in [-0.15, -0.1) is 0 Å². The molecule has 2 amide bonds. The summed E-state index contributed by atoms with van der Waals surface area (Å²) in [5, 5.41) is 6.83. The zero-order valence-corrected chi connectivity index (χ0v) is 17.4. The number of carbonyl (C=O) groups is 2. The van der Waals surface area contributed by atoms with Crippen LogP contribution in [0.15, 0.2) is 47.6 Å². The van der Waals surface area contributed by atoms with Crippen LogP contribution in [-0.4, -0.2) is 31.7 Å². The Morgan fingerprint density at radius 1 is 1.03 bits per heavy atom. The fourth-order valence-electron chi connectivity index (χ4n) is 2.62. The van der Waals surface area contributed by atoms with Crippen molar-refractivity contribution in [3.63, 3.8) is 0 Å². The quantitative estimate of drug-likeness (QED) is 0.521. The van der Waals surface area contributed by atoms with Crippen molar-refractivity contribution in [3.05, 3.63) is 53.6 Å². The highest BCUT2D eigenvalue weighted by Crippen LogP contribution is 2.24. The number of rotatable bonds is 8. The summed E-state index contributed by atoms with van der Waals surface area (Å²) in [7, 11) is 3.00. The summed E-state index contributed by atoms with van der Waals surface area (Å²) in [5.74, 6) is 0.740. The molecule has 0 aromatic heterocycles. The highest BCUT2D eigenvalue weighted by Gasteiger charge is 2.13. The third-order valence-electron chi connectivity index (χ3n) is 4.28. The molecule has 0 unspecified atom stereocenters. The average Bonchev–Trinajstić information content (AvgIpc) is 2.71. The van der Waals surface area contributed by atoms with Crippen LogP contribution in [0.3, 0.4) is 0 Å². The third-order valence-corrected chi connectivity index (χ3v) is 4.28. The predicted octanol–water partition coefficient (Wildman–Crippen LogP) is 3.96. The summed E-state index contributed by atoms with van der Waals surface area (Å²) in [6, 6.07) is 12.6. The Labute approximate surface area is 171 Å². The second kappa shape index (κ2) is 10.3. The molecule has 0 radical (unpaired) electrons. The van der Waals surface area contributed by atoms with E-state index in [1.165, 1.54) is 19.8 Å². The van der Waals surface area contributed by atoms with Gasteiger partial charge in [0.25, 0.3) is 5.91 Å². The fourth-order valence-corrected chi connectivity index (χ4v) is 2.62. The Balaban J connectivity index is 1.94. The largest absolute Gasteiger partial charge is 0.497 e. The van der Waals surface area contributed by atoms with E-state index in [1.807, 2.05) is 24.3 Å². The summed E-state index contributed by atoms with van der Waals surface area (Å²) in [5.41, 5.74) is 5.17. The maximum Gasteiger partial charge on any atom is 0.275 e. The van der Waals surface area contributed by atoms with Gasteiger partial charge in [-0.1, -0.05) is 26.0 Å². The molecule has 0 heterocycles. The van der Waals surface area contributed by atoms with Gasteiger partial charge in [0.1, 0.15) is 11.5 Å². The Bertz CT molecular complexity index is 889. The van der Waals surface area contributed by atoms with E-state index < -0.39 is 5.91 Å². The van der Waals surface area contributed by atoms with Crippen LogP contribution in [0.2, 0.25) is 0 Å². The van der Waals surface area contributed by atoms with Gasteiger partial charge in [-0.3, -0.25) is 9.59 Å². The molecule has 7 nitrogen and oxygen atoms in total. The van der Waals surface area contributed by atoms with Crippen molar-refractivity contribution in [2.75, 3.05) is 19.5 Å². The maximum absolute atomic E-state index is 12.4. The van der Waals surface area contributed by atoms with Gasteiger partial charge < -0.3 is 14.8 Å². The molecule has 154 valence electrons. The zero-order valence-electron chi connectivity index (χ0n) is 17.4. The molecule has 0 bridgehead atoms. The Morgan fingerprint density at radius 2 is 1.72 bits per heavy atom. The number of anilines is 1. The van der Waals surface area contributed by atoms with Gasteiger partial charge in [-0.05, 0) is 42.7 Å². The molecule has 0 aliphatic rings. The third kappa shape index (κ3) is 6.34. The number of nitrogens with one attached hydrogen (secondary N) is 2. The van der Waals surface area contributed by atoms with Gasteiger partial charge in [0, 0.05) is 17.5 Å². The molecule has 7 heteroatoms. The van der Waals surface area contributed by atoms with Gasteiger partial charge in [-0.25, -0.2) is 5.43 Å². The molecule has 2 aromatic rings. The molecular formula is C22H27N3O4. The summed E-state index contributed by atoms with van der Waals surface area (Å²) >= 11 is 0. The molecular weight excluding hydrogens is 370 g/mol. The summed E-state index contributed by atoms with van der Waals surface area (Å²) in [6.07, 6.45) is 0.0615. The first-order valence-electron chi connectivity index (χ1n) is 9.29. The number of amides is 2. The normalized spacial score (nSPS) is 11.2. The van der Waals surface area contributed by atoms with Crippen molar-refractivity contribution in [1.29, 1.82) is 0 Å². The first-order chi connectivity index (χ1) is 13.8. The van der Waals surface area contributed by atoms with Crippen LogP contribution >= 0.6 is 0 Å². The molecule has 2 aromatic carbocycles. The minimum atomic E-state index is -0.437. The van der Waals surface area contributed by atoms with Crippen LogP contribution < -0.4 is 20.2 Å². The smallest absolute Gasteiger partial charge is 0.275 e. The van der Waals surface area contributed by atoms with Crippen LogP contribution in [0.5, 0.6) is 11.5 Å².